The first kappa shape index (κ1) is 29.1. The predicted octanol–water partition coefficient (Wildman–Crippen LogP) is 5.01. The van der Waals surface area contributed by atoms with E-state index in [0.29, 0.717) is 17.0 Å². The molecule has 2 amide bonds. The zero-order valence-electron chi connectivity index (χ0n) is 21.5. The Labute approximate surface area is 228 Å². The Morgan fingerprint density at radius 2 is 1.63 bits per heavy atom. The third kappa shape index (κ3) is 7.11. The summed E-state index contributed by atoms with van der Waals surface area (Å²) in [5, 5.41) is 3.31. The van der Waals surface area contributed by atoms with Crippen LogP contribution in [0.3, 0.4) is 0 Å². The number of carbonyl (C=O) groups is 2. The Kier molecular flexibility index (Phi) is 9.88. The average molecular weight is 560 g/mol. The molecule has 3 aromatic rings. The highest BCUT2D eigenvalue weighted by molar-refractivity contribution is 7.92. The first-order valence-electron chi connectivity index (χ1n) is 12.2. The van der Waals surface area contributed by atoms with Crippen LogP contribution in [0.15, 0.2) is 83.8 Å². The normalized spacial score (nSPS) is 12.9. The molecule has 0 radical (unpaired) electrons. The second-order valence-corrected chi connectivity index (χ2v) is 11.2. The molecule has 0 bridgehead atoms. The second kappa shape index (κ2) is 12.9. The summed E-state index contributed by atoms with van der Waals surface area (Å²) in [6.45, 7) is 4.61. The van der Waals surface area contributed by atoms with Gasteiger partial charge in [-0.3, -0.25) is 13.9 Å². The lowest BCUT2D eigenvalue weighted by Crippen LogP contribution is -2.52. The summed E-state index contributed by atoms with van der Waals surface area (Å²) in [6.07, 6.45) is 0.692. The number of benzene rings is 3. The van der Waals surface area contributed by atoms with Crippen molar-refractivity contribution in [2.24, 2.45) is 0 Å². The molecule has 0 spiro atoms. The molecule has 38 heavy (non-hydrogen) atoms. The Bertz CT molecular complexity index is 1370. The predicted molar refractivity (Wildman–Crippen MR) is 147 cm³/mol. The van der Waals surface area contributed by atoms with Crippen LogP contribution in [0.2, 0.25) is 5.02 Å². The molecule has 0 unspecified atom stereocenters. The highest BCUT2D eigenvalue weighted by Gasteiger charge is 2.33. The van der Waals surface area contributed by atoms with Crippen molar-refractivity contribution in [2.75, 3.05) is 10.8 Å². The third-order valence-electron chi connectivity index (χ3n) is 6.14. The van der Waals surface area contributed by atoms with Crippen LogP contribution in [0.4, 0.5) is 10.1 Å². The summed E-state index contributed by atoms with van der Waals surface area (Å²) in [5.41, 5.74) is 0.376. The van der Waals surface area contributed by atoms with E-state index in [4.69, 9.17) is 11.6 Å². The molecule has 3 rings (SSSR count). The molecule has 0 aliphatic carbocycles. The number of hydrogen-bond acceptors (Lipinski definition) is 4. The number of nitrogens with one attached hydrogen (secondary N) is 1. The molecule has 3 aromatic carbocycles. The van der Waals surface area contributed by atoms with Crippen molar-refractivity contribution < 1.29 is 22.4 Å². The van der Waals surface area contributed by atoms with Gasteiger partial charge in [-0.25, -0.2) is 12.8 Å². The standard InChI is InChI=1S/C28H31ClFN3O4S/c1-4-20(2)31-28(35)21(3)32(18-22-11-10-12-23(29)17-22)27(34)19-33(26-16-9-8-15-25(26)30)38(36,37)24-13-6-5-7-14-24/h5-17,20-21H,4,18-19H2,1-3H3,(H,31,35)/t20-,21-/m1/s1. The Morgan fingerprint density at radius 1 is 0.974 bits per heavy atom. The van der Waals surface area contributed by atoms with Gasteiger partial charge in [-0.05, 0) is 62.2 Å². The molecule has 0 aliphatic heterocycles. The molecule has 10 heteroatoms. The van der Waals surface area contributed by atoms with Crippen molar-refractivity contribution in [3.05, 3.63) is 95.3 Å². The molecule has 0 saturated heterocycles. The smallest absolute Gasteiger partial charge is 0.264 e. The summed E-state index contributed by atoms with van der Waals surface area (Å²) in [4.78, 5) is 28.0. The molecule has 0 aromatic heterocycles. The molecule has 0 saturated carbocycles. The average Bonchev–Trinajstić information content (AvgIpc) is 2.90. The van der Waals surface area contributed by atoms with Crippen molar-refractivity contribution in [2.45, 2.75) is 50.7 Å². The SMILES string of the molecule is CC[C@@H](C)NC(=O)[C@@H](C)N(Cc1cccc(Cl)c1)C(=O)CN(c1ccccc1F)S(=O)(=O)c1ccccc1. The fourth-order valence-electron chi connectivity index (χ4n) is 3.77. The topological polar surface area (TPSA) is 86.8 Å². The molecule has 2 atom stereocenters. The van der Waals surface area contributed by atoms with E-state index in [1.54, 1.807) is 49.4 Å². The van der Waals surface area contributed by atoms with E-state index in [9.17, 15) is 22.4 Å². The van der Waals surface area contributed by atoms with Crippen LogP contribution in [0.1, 0.15) is 32.8 Å². The van der Waals surface area contributed by atoms with Crippen molar-refractivity contribution in [1.29, 1.82) is 0 Å². The van der Waals surface area contributed by atoms with Crippen LogP contribution < -0.4 is 9.62 Å². The van der Waals surface area contributed by atoms with Crippen molar-refractivity contribution in [1.82, 2.24) is 10.2 Å². The molecule has 0 heterocycles. The molecular formula is C28H31ClFN3O4S. The zero-order valence-corrected chi connectivity index (χ0v) is 23.0. The second-order valence-electron chi connectivity index (χ2n) is 8.92. The molecule has 0 fully saturated rings. The molecule has 0 aliphatic rings. The fourth-order valence-corrected chi connectivity index (χ4v) is 5.42. The van der Waals surface area contributed by atoms with Gasteiger partial charge in [-0.15, -0.1) is 0 Å². The number of sulfonamides is 1. The van der Waals surface area contributed by atoms with Crippen molar-refractivity contribution in [3.8, 4) is 0 Å². The third-order valence-corrected chi connectivity index (χ3v) is 8.15. The van der Waals surface area contributed by atoms with Crippen LogP contribution in [0.25, 0.3) is 0 Å². The number of carbonyl (C=O) groups excluding carboxylic acids is 2. The van der Waals surface area contributed by atoms with Gasteiger partial charge >= 0.3 is 0 Å². The van der Waals surface area contributed by atoms with Crippen LogP contribution in [-0.2, 0) is 26.2 Å². The van der Waals surface area contributed by atoms with E-state index in [1.807, 2.05) is 13.8 Å². The van der Waals surface area contributed by atoms with Gasteiger partial charge in [-0.1, -0.05) is 61.0 Å². The summed E-state index contributed by atoms with van der Waals surface area (Å²) in [5.74, 6) is -1.87. The van der Waals surface area contributed by atoms with E-state index in [-0.39, 0.29) is 23.2 Å². The summed E-state index contributed by atoms with van der Waals surface area (Å²) in [7, 11) is -4.33. The summed E-state index contributed by atoms with van der Waals surface area (Å²) < 4.78 is 42.9. The highest BCUT2D eigenvalue weighted by Crippen LogP contribution is 2.27. The summed E-state index contributed by atoms with van der Waals surface area (Å²) in [6, 6.07) is 18.6. The van der Waals surface area contributed by atoms with Gasteiger partial charge in [0.15, 0.2) is 0 Å². The van der Waals surface area contributed by atoms with Gasteiger partial charge in [0, 0.05) is 17.6 Å². The Balaban J connectivity index is 2.03. The molecule has 1 N–H and O–H groups in total. The lowest BCUT2D eigenvalue weighted by atomic mass is 10.1. The zero-order chi connectivity index (χ0) is 27.9. The van der Waals surface area contributed by atoms with E-state index < -0.39 is 40.2 Å². The number of anilines is 1. The van der Waals surface area contributed by atoms with Crippen LogP contribution in [0.5, 0.6) is 0 Å². The van der Waals surface area contributed by atoms with Crippen LogP contribution in [0, 0.1) is 5.82 Å². The number of hydrogen-bond donors (Lipinski definition) is 1. The lowest BCUT2D eigenvalue weighted by molar-refractivity contribution is -0.139. The van der Waals surface area contributed by atoms with Crippen molar-refractivity contribution >= 4 is 39.1 Å². The van der Waals surface area contributed by atoms with Crippen LogP contribution in [-0.4, -0.2) is 43.8 Å². The first-order valence-corrected chi connectivity index (χ1v) is 14.0. The fraction of sp³-hybridized carbons (Fsp3) is 0.286. The maximum absolute atomic E-state index is 14.9. The minimum absolute atomic E-state index is 0.00895. The van der Waals surface area contributed by atoms with Gasteiger partial charge in [0.2, 0.25) is 11.8 Å². The monoisotopic (exact) mass is 559 g/mol. The number of amides is 2. The lowest BCUT2D eigenvalue weighted by Gasteiger charge is -2.32. The van der Waals surface area contributed by atoms with E-state index in [1.165, 1.54) is 35.2 Å². The number of rotatable bonds is 11. The van der Waals surface area contributed by atoms with Gasteiger partial charge in [-0.2, -0.15) is 0 Å². The number of para-hydroxylation sites is 1. The van der Waals surface area contributed by atoms with Gasteiger partial charge in [0.05, 0.1) is 10.6 Å². The van der Waals surface area contributed by atoms with Gasteiger partial charge < -0.3 is 10.2 Å². The molecule has 7 nitrogen and oxygen atoms in total. The number of halogens is 2. The Morgan fingerprint density at radius 3 is 2.26 bits per heavy atom. The Hall–Kier alpha value is -3.43. The van der Waals surface area contributed by atoms with Gasteiger partial charge in [0.1, 0.15) is 18.4 Å². The van der Waals surface area contributed by atoms with E-state index >= 15 is 0 Å². The molecule has 202 valence electrons. The van der Waals surface area contributed by atoms with Gasteiger partial charge in [0.25, 0.3) is 10.0 Å². The largest absolute Gasteiger partial charge is 0.352 e. The quantitative estimate of drug-likeness (QED) is 0.358. The van der Waals surface area contributed by atoms with E-state index in [0.717, 1.165) is 10.4 Å². The number of nitrogens with zero attached hydrogens (tertiary/aromatic N) is 2. The van der Waals surface area contributed by atoms with Crippen LogP contribution >= 0.6 is 11.6 Å². The highest BCUT2D eigenvalue weighted by atomic mass is 35.5. The van der Waals surface area contributed by atoms with E-state index in [2.05, 4.69) is 5.32 Å². The molecular weight excluding hydrogens is 529 g/mol. The summed E-state index contributed by atoms with van der Waals surface area (Å²) >= 11 is 6.14. The minimum atomic E-state index is -4.33. The minimum Gasteiger partial charge on any atom is -0.352 e. The van der Waals surface area contributed by atoms with Crippen molar-refractivity contribution in [3.63, 3.8) is 0 Å². The first-order chi connectivity index (χ1) is 18.0. The maximum Gasteiger partial charge on any atom is 0.264 e. The maximum atomic E-state index is 14.9.